The summed E-state index contributed by atoms with van der Waals surface area (Å²) < 4.78 is 16.2. The Balaban J connectivity index is 1.46. The number of carbonyl (C=O) groups excluding carboxylic acids is 1. The maximum absolute atomic E-state index is 11.9. The molecular weight excluding hydrogens is 376 g/mol. The largest absolute Gasteiger partial charge is 0.486 e. The van der Waals surface area contributed by atoms with Crippen LogP contribution < -0.4 is 25.4 Å². The van der Waals surface area contributed by atoms with Gasteiger partial charge in [0.05, 0.1) is 6.61 Å². The van der Waals surface area contributed by atoms with E-state index in [0.717, 1.165) is 11.4 Å². The number of fused-ring (bicyclic) bond motifs is 1. The lowest BCUT2D eigenvalue weighted by Gasteiger charge is -2.35. The third-order valence-corrected chi connectivity index (χ3v) is 4.77. The number of hydrogen-bond donors (Lipinski definition) is 2. The van der Waals surface area contributed by atoms with E-state index in [-0.39, 0.29) is 6.09 Å². The smallest absolute Gasteiger partial charge is 0.409 e. The number of nitrogen functional groups attached to an aromatic ring is 1. The molecule has 3 heterocycles. The lowest BCUT2D eigenvalue weighted by molar-refractivity contribution is 0.105. The summed E-state index contributed by atoms with van der Waals surface area (Å²) in [5, 5.41) is 3.22. The first kappa shape index (κ1) is 18.9. The number of amides is 1. The Morgan fingerprint density at radius 3 is 2.69 bits per heavy atom. The molecule has 1 aromatic carbocycles. The number of rotatable bonds is 4. The summed E-state index contributed by atoms with van der Waals surface area (Å²) in [5.74, 6) is 2.56. The van der Waals surface area contributed by atoms with Crippen LogP contribution in [-0.4, -0.2) is 67.0 Å². The second-order valence-electron chi connectivity index (χ2n) is 6.62. The van der Waals surface area contributed by atoms with Crippen LogP contribution in [0, 0.1) is 0 Å². The van der Waals surface area contributed by atoms with Crippen molar-refractivity contribution in [1.82, 2.24) is 14.9 Å². The van der Waals surface area contributed by atoms with E-state index < -0.39 is 0 Å². The van der Waals surface area contributed by atoms with Crippen LogP contribution in [0.3, 0.4) is 0 Å². The molecule has 4 rings (SSSR count). The van der Waals surface area contributed by atoms with Gasteiger partial charge in [0.1, 0.15) is 25.2 Å². The van der Waals surface area contributed by atoms with Crippen LogP contribution >= 0.6 is 0 Å². The van der Waals surface area contributed by atoms with Gasteiger partial charge in [-0.15, -0.1) is 0 Å². The van der Waals surface area contributed by atoms with Crippen LogP contribution in [0.4, 0.5) is 27.8 Å². The fourth-order valence-corrected chi connectivity index (χ4v) is 3.31. The zero-order valence-corrected chi connectivity index (χ0v) is 16.3. The van der Waals surface area contributed by atoms with Crippen LogP contribution in [0.2, 0.25) is 0 Å². The van der Waals surface area contributed by atoms with Crippen molar-refractivity contribution in [1.29, 1.82) is 0 Å². The average molecular weight is 400 g/mol. The number of benzene rings is 1. The standard InChI is InChI=1S/C19H24N6O4/c1-2-27-19(26)25-7-5-24(6-8-25)18-16(20)17(21-12-22-18)23-13-3-4-14-15(11-13)29-10-9-28-14/h3-4,11-12H,2,5-10,20H2,1H3,(H,21,22,23). The molecule has 3 N–H and O–H groups in total. The highest BCUT2D eigenvalue weighted by atomic mass is 16.6. The van der Waals surface area contributed by atoms with Crippen molar-refractivity contribution in [3.8, 4) is 11.5 Å². The van der Waals surface area contributed by atoms with Crippen molar-refractivity contribution in [3.05, 3.63) is 24.5 Å². The first-order valence-electron chi connectivity index (χ1n) is 9.59. The SMILES string of the molecule is CCOC(=O)N1CCN(c2ncnc(Nc3ccc4c(c3)OCCO4)c2N)CC1. The van der Waals surface area contributed by atoms with Gasteiger partial charge in [-0.3, -0.25) is 0 Å². The molecule has 154 valence electrons. The van der Waals surface area contributed by atoms with Gasteiger partial charge in [0, 0.05) is 37.9 Å². The highest BCUT2D eigenvalue weighted by molar-refractivity contribution is 5.79. The number of piperazine rings is 1. The van der Waals surface area contributed by atoms with Crippen LogP contribution in [0.5, 0.6) is 11.5 Å². The van der Waals surface area contributed by atoms with E-state index in [0.29, 0.717) is 69.1 Å². The first-order valence-corrected chi connectivity index (χ1v) is 9.59. The third-order valence-electron chi connectivity index (χ3n) is 4.77. The molecular formula is C19H24N6O4. The second kappa shape index (κ2) is 8.29. The molecule has 0 unspecified atom stereocenters. The van der Waals surface area contributed by atoms with E-state index in [9.17, 15) is 4.79 Å². The zero-order chi connectivity index (χ0) is 20.2. The van der Waals surface area contributed by atoms with Crippen molar-refractivity contribution in [3.63, 3.8) is 0 Å². The number of nitrogens with zero attached hydrogens (tertiary/aromatic N) is 4. The molecule has 0 bridgehead atoms. The fourth-order valence-electron chi connectivity index (χ4n) is 3.31. The minimum absolute atomic E-state index is 0.288. The molecule has 1 amide bonds. The number of aromatic nitrogens is 2. The topological polar surface area (TPSA) is 115 Å². The van der Waals surface area contributed by atoms with E-state index in [1.165, 1.54) is 6.33 Å². The fraction of sp³-hybridized carbons (Fsp3) is 0.421. The summed E-state index contributed by atoms with van der Waals surface area (Å²) in [6.07, 6.45) is 1.19. The first-order chi connectivity index (χ1) is 14.2. The lowest BCUT2D eigenvalue weighted by Crippen LogP contribution is -2.49. The Labute approximate surface area is 168 Å². The summed E-state index contributed by atoms with van der Waals surface area (Å²) in [4.78, 5) is 24.2. The summed E-state index contributed by atoms with van der Waals surface area (Å²) in [6, 6.07) is 5.59. The maximum Gasteiger partial charge on any atom is 0.409 e. The van der Waals surface area contributed by atoms with Crippen LogP contribution in [0.1, 0.15) is 6.92 Å². The molecule has 2 aliphatic heterocycles. The average Bonchev–Trinajstić information content (AvgIpc) is 2.75. The second-order valence-corrected chi connectivity index (χ2v) is 6.62. The molecule has 10 nitrogen and oxygen atoms in total. The lowest BCUT2D eigenvalue weighted by atomic mass is 10.2. The van der Waals surface area contributed by atoms with Crippen molar-refractivity contribution in [2.45, 2.75) is 6.92 Å². The van der Waals surface area contributed by atoms with Gasteiger partial charge < -0.3 is 35.1 Å². The van der Waals surface area contributed by atoms with Crippen LogP contribution in [0.15, 0.2) is 24.5 Å². The maximum atomic E-state index is 11.9. The van der Waals surface area contributed by atoms with E-state index in [1.807, 2.05) is 23.1 Å². The van der Waals surface area contributed by atoms with E-state index >= 15 is 0 Å². The minimum Gasteiger partial charge on any atom is -0.486 e. The molecule has 1 saturated heterocycles. The van der Waals surface area contributed by atoms with Crippen molar-refractivity contribution in [2.75, 3.05) is 62.0 Å². The zero-order valence-electron chi connectivity index (χ0n) is 16.3. The molecule has 10 heteroatoms. The predicted molar refractivity (Wildman–Crippen MR) is 108 cm³/mol. The van der Waals surface area contributed by atoms with Gasteiger partial charge in [-0.2, -0.15) is 0 Å². The Hall–Kier alpha value is -3.43. The Kier molecular flexibility index (Phi) is 5.41. The third kappa shape index (κ3) is 4.05. The van der Waals surface area contributed by atoms with Gasteiger partial charge in [0.15, 0.2) is 23.1 Å². The highest BCUT2D eigenvalue weighted by Gasteiger charge is 2.25. The number of ether oxygens (including phenoxy) is 3. The van der Waals surface area contributed by atoms with Gasteiger partial charge in [-0.1, -0.05) is 0 Å². The normalized spacial score (nSPS) is 15.8. The quantitative estimate of drug-likeness (QED) is 0.793. The molecule has 1 aromatic heterocycles. The molecule has 0 spiro atoms. The number of nitrogens with one attached hydrogen (secondary N) is 1. The number of anilines is 4. The van der Waals surface area contributed by atoms with E-state index in [2.05, 4.69) is 15.3 Å². The minimum atomic E-state index is -0.288. The van der Waals surface area contributed by atoms with Crippen LogP contribution in [0.25, 0.3) is 0 Å². The molecule has 29 heavy (non-hydrogen) atoms. The summed E-state index contributed by atoms with van der Waals surface area (Å²) in [5.41, 5.74) is 7.59. The molecule has 0 atom stereocenters. The molecule has 2 aliphatic rings. The monoisotopic (exact) mass is 400 g/mol. The Morgan fingerprint density at radius 1 is 1.17 bits per heavy atom. The Morgan fingerprint density at radius 2 is 1.93 bits per heavy atom. The van der Waals surface area contributed by atoms with Gasteiger partial charge in [-0.05, 0) is 19.1 Å². The number of hydrogen-bond acceptors (Lipinski definition) is 9. The van der Waals surface area contributed by atoms with E-state index in [1.54, 1.807) is 11.8 Å². The van der Waals surface area contributed by atoms with Gasteiger partial charge in [0.2, 0.25) is 0 Å². The molecule has 0 radical (unpaired) electrons. The number of carbonyl (C=O) groups is 1. The summed E-state index contributed by atoms with van der Waals surface area (Å²) >= 11 is 0. The van der Waals surface area contributed by atoms with Crippen molar-refractivity contribution in [2.24, 2.45) is 0 Å². The highest BCUT2D eigenvalue weighted by Crippen LogP contribution is 2.35. The molecule has 2 aromatic rings. The van der Waals surface area contributed by atoms with Gasteiger partial charge >= 0.3 is 6.09 Å². The summed E-state index contributed by atoms with van der Waals surface area (Å²) in [7, 11) is 0. The molecule has 0 aliphatic carbocycles. The predicted octanol–water partition coefficient (Wildman–Crippen LogP) is 1.85. The summed E-state index contributed by atoms with van der Waals surface area (Å²) in [6.45, 7) is 5.56. The van der Waals surface area contributed by atoms with Crippen molar-refractivity contribution < 1.29 is 19.0 Å². The van der Waals surface area contributed by atoms with Gasteiger partial charge in [-0.25, -0.2) is 14.8 Å². The van der Waals surface area contributed by atoms with Crippen molar-refractivity contribution >= 4 is 29.1 Å². The van der Waals surface area contributed by atoms with Gasteiger partial charge in [0.25, 0.3) is 0 Å². The van der Waals surface area contributed by atoms with E-state index in [4.69, 9.17) is 19.9 Å². The molecule has 1 fully saturated rings. The Bertz CT molecular complexity index is 885. The molecule has 0 saturated carbocycles. The van der Waals surface area contributed by atoms with Crippen LogP contribution in [-0.2, 0) is 4.74 Å². The number of nitrogens with two attached hydrogens (primary N) is 1.